The molecule has 1 fully saturated rings. The van der Waals surface area contributed by atoms with Crippen LogP contribution in [0.4, 0.5) is 13.2 Å². The van der Waals surface area contributed by atoms with Crippen LogP contribution in [-0.4, -0.2) is 50.2 Å². The van der Waals surface area contributed by atoms with Gasteiger partial charge in [0.25, 0.3) is 0 Å². The summed E-state index contributed by atoms with van der Waals surface area (Å²) in [5.74, 6) is -2.13. The molecule has 1 aromatic rings. The molecule has 1 aromatic carbocycles. The summed E-state index contributed by atoms with van der Waals surface area (Å²) in [4.78, 5) is 21.8. The van der Waals surface area contributed by atoms with Crippen molar-refractivity contribution < 1.29 is 46.8 Å². The summed E-state index contributed by atoms with van der Waals surface area (Å²) >= 11 is 0. The minimum Gasteiger partial charge on any atom is -0.493 e. The molecule has 10 heteroatoms. The number of halogens is 3. The highest BCUT2D eigenvalue weighted by Crippen LogP contribution is 2.37. The van der Waals surface area contributed by atoms with E-state index in [-0.39, 0.29) is 36.4 Å². The first-order valence-electron chi connectivity index (χ1n) is 7.63. The summed E-state index contributed by atoms with van der Waals surface area (Å²) in [6, 6.07) is 1.99. The highest BCUT2D eigenvalue weighted by Gasteiger charge is 2.35. The first kappa shape index (κ1) is 19.8. The van der Waals surface area contributed by atoms with Crippen molar-refractivity contribution in [3.05, 3.63) is 17.7 Å². The highest BCUT2D eigenvalue weighted by atomic mass is 19.4. The minimum absolute atomic E-state index is 0.0204. The molecule has 0 radical (unpaired) electrons. The van der Waals surface area contributed by atoms with E-state index in [1.807, 2.05) is 0 Å². The Kier molecular flexibility index (Phi) is 6.30. The number of carboxylic acids is 1. The summed E-state index contributed by atoms with van der Waals surface area (Å²) in [7, 11) is 1.15. The number of carboxylic acid groups (broad SMARTS) is 1. The minimum atomic E-state index is -4.93. The van der Waals surface area contributed by atoms with Gasteiger partial charge in [0.2, 0.25) is 0 Å². The molecule has 7 nitrogen and oxygen atoms in total. The molecule has 26 heavy (non-hydrogen) atoms. The van der Waals surface area contributed by atoms with Gasteiger partial charge in [0.15, 0.2) is 17.8 Å². The van der Waals surface area contributed by atoms with E-state index in [9.17, 15) is 22.8 Å². The Balaban J connectivity index is 1.92. The molecule has 144 valence electrons. The summed E-state index contributed by atoms with van der Waals surface area (Å²) < 4.78 is 56.6. The van der Waals surface area contributed by atoms with E-state index in [1.165, 1.54) is 0 Å². The molecule has 1 saturated carbocycles. The maximum Gasteiger partial charge on any atom is 0.573 e. The highest BCUT2D eigenvalue weighted by molar-refractivity contribution is 5.81. The number of benzene rings is 1. The normalized spacial score (nSPS) is 19.4. The van der Waals surface area contributed by atoms with Crippen molar-refractivity contribution in [3.63, 3.8) is 0 Å². The maximum absolute atomic E-state index is 12.4. The summed E-state index contributed by atoms with van der Waals surface area (Å²) in [5.41, 5.74) is -0.139. The fourth-order valence-corrected chi connectivity index (χ4v) is 2.41. The lowest BCUT2D eigenvalue weighted by molar-refractivity contribution is -0.275. The van der Waals surface area contributed by atoms with E-state index in [0.29, 0.717) is 19.1 Å². The van der Waals surface area contributed by atoms with Crippen molar-refractivity contribution >= 4 is 12.3 Å². The van der Waals surface area contributed by atoms with Crippen LogP contribution in [0.25, 0.3) is 0 Å². The number of rotatable bonds is 9. The van der Waals surface area contributed by atoms with Crippen LogP contribution in [0, 0.1) is 5.92 Å². The number of carbonyl (C=O) groups is 2. The Morgan fingerprint density at radius 1 is 1.23 bits per heavy atom. The first-order chi connectivity index (χ1) is 12.2. The number of hydrogen-bond donors (Lipinski definition) is 1. The second-order valence-corrected chi connectivity index (χ2v) is 5.55. The van der Waals surface area contributed by atoms with Gasteiger partial charge in [0.05, 0.1) is 31.3 Å². The molecule has 0 saturated heterocycles. The van der Waals surface area contributed by atoms with Crippen LogP contribution < -0.4 is 14.2 Å². The fourth-order valence-electron chi connectivity index (χ4n) is 2.41. The zero-order valence-electron chi connectivity index (χ0n) is 13.7. The number of carbonyl (C=O) groups excluding carboxylic acids is 1. The molecule has 0 atom stereocenters. The number of aldehydes is 1. The Hall–Kier alpha value is -2.49. The molecule has 1 aliphatic carbocycles. The van der Waals surface area contributed by atoms with Gasteiger partial charge >= 0.3 is 12.3 Å². The largest absolute Gasteiger partial charge is 0.573 e. The van der Waals surface area contributed by atoms with E-state index in [1.54, 1.807) is 0 Å². The van der Waals surface area contributed by atoms with Crippen LogP contribution in [0.5, 0.6) is 17.2 Å². The Labute approximate surface area is 146 Å². The Morgan fingerprint density at radius 2 is 1.92 bits per heavy atom. The quantitative estimate of drug-likeness (QED) is 0.522. The molecular formula is C16H17F3O7. The second-order valence-electron chi connectivity index (χ2n) is 5.55. The van der Waals surface area contributed by atoms with Crippen molar-refractivity contribution in [2.75, 3.05) is 20.3 Å². The van der Waals surface area contributed by atoms with Gasteiger partial charge in [-0.1, -0.05) is 0 Å². The van der Waals surface area contributed by atoms with Gasteiger partial charge in [0, 0.05) is 6.07 Å². The summed E-state index contributed by atoms with van der Waals surface area (Å²) in [5, 5.41) is 8.77. The van der Waals surface area contributed by atoms with E-state index in [2.05, 4.69) is 4.74 Å². The zero-order valence-corrected chi connectivity index (χ0v) is 13.7. The van der Waals surface area contributed by atoms with Gasteiger partial charge in [-0.3, -0.25) is 9.59 Å². The maximum atomic E-state index is 12.4. The molecule has 1 N–H and O–H groups in total. The van der Waals surface area contributed by atoms with Gasteiger partial charge in [0.1, 0.15) is 12.4 Å². The predicted molar refractivity (Wildman–Crippen MR) is 80.7 cm³/mol. The van der Waals surface area contributed by atoms with Crippen LogP contribution in [0.1, 0.15) is 23.2 Å². The van der Waals surface area contributed by atoms with Gasteiger partial charge in [-0.2, -0.15) is 0 Å². The average Bonchev–Trinajstić information content (AvgIpc) is 2.51. The number of methoxy groups -OCH3 is 1. The number of alkyl halides is 3. The standard InChI is InChI=1S/C16H17F3O7/c1-23-13-7-12(10(8-20)6-14(13)26-16(17,18)19)25-3-2-24-11-4-9(5-11)15(21)22/h6-9,11H,2-5H2,1H3,(H,21,22). The lowest BCUT2D eigenvalue weighted by atomic mass is 9.82. The SMILES string of the molecule is COc1cc(OCCOC2CC(C(=O)O)C2)c(C=O)cc1OC(F)(F)F. The molecule has 0 aliphatic heterocycles. The van der Waals surface area contributed by atoms with Crippen molar-refractivity contribution in [1.82, 2.24) is 0 Å². The van der Waals surface area contributed by atoms with E-state index in [0.717, 1.165) is 19.2 Å². The first-order valence-corrected chi connectivity index (χ1v) is 7.63. The molecule has 0 bridgehead atoms. The fraction of sp³-hybridized carbons (Fsp3) is 0.500. The third kappa shape index (κ3) is 5.25. The van der Waals surface area contributed by atoms with Crippen LogP contribution in [-0.2, 0) is 9.53 Å². The number of aliphatic carboxylic acids is 1. The second kappa shape index (κ2) is 8.26. The molecule has 0 aromatic heterocycles. The van der Waals surface area contributed by atoms with Crippen molar-refractivity contribution in [1.29, 1.82) is 0 Å². The van der Waals surface area contributed by atoms with Crippen LogP contribution in [0.2, 0.25) is 0 Å². The topological polar surface area (TPSA) is 91.3 Å². The number of ether oxygens (including phenoxy) is 4. The molecule has 0 spiro atoms. The van der Waals surface area contributed by atoms with Crippen molar-refractivity contribution in [3.8, 4) is 17.2 Å². The molecule has 2 rings (SSSR count). The molecule has 0 unspecified atom stereocenters. The molecular weight excluding hydrogens is 361 g/mol. The third-order valence-corrected chi connectivity index (χ3v) is 3.79. The van der Waals surface area contributed by atoms with Crippen LogP contribution in [0.3, 0.4) is 0 Å². The van der Waals surface area contributed by atoms with Crippen molar-refractivity contribution in [2.45, 2.75) is 25.3 Å². The Bertz CT molecular complexity index is 654. The van der Waals surface area contributed by atoms with Crippen LogP contribution >= 0.6 is 0 Å². The predicted octanol–water partition coefficient (Wildman–Crippen LogP) is 2.66. The lowest BCUT2D eigenvalue weighted by Gasteiger charge is -2.32. The van der Waals surface area contributed by atoms with Crippen molar-refractivity contribution in [2.24, 2.45) is 5.92 Å². The summed E-state index contributed by atoms with van der Waals surface area (Å²) in [6.07, 6.45) is -3.91. The third-order valence-electron chi connectivity index (χ3n) is 3.79. The smallest absolute Gasteiger partial charge is 0.493 e. The van der Waals surface area contributed by atoms with Gasteiger partial charge in [-0.25, -0.2) is 0 Å². The van der Waals surface area contributed by atoms with Crippen LogP contribution in [0.15, 0.2) is 12.1 Å². The van der Waals surface area contributed by atoms with E-state index in [4.69, 9.17) is 19.3 Å². The van der Waals surface area contributed by atoms with Gasteiger partial charge in [-0.15, -0.1) is 13.2 Å². The van der Waals surface area contributed by atoms with E-state index >= 15 is 0 Å². The monoisotopic (exact) mass is 378 g/mol. The summed E-state index contributed by atoms with van der Waals surface area (Å²) in [6.45, 7) is 0.163. The van der Waals surface area contributed by atoms with E-state index < -0.39 is 24.0 Å². The van der Waals surface area contributed by atoms with Gasteiger partial charge < -0.3 is 24.1 Å². The van der Waals surface area contributed by atoms with Gasteiger partial charge in [-0.05, 0) is 18.9 Å². The Morgan fingerprint density at radius 3 is 2.46 bits per heavy atom. The average molecular weight is 378 g/mol. The zero-order chi connectivity index (χ0) is 19.3. The molecule has 0 amide bonds. The molecule has 1 aliphatic rings. The molecule has 0 heterocycles. The number of hydrogen-bond acceptors (Lipinski definition) is 6. The lowest BCUT2D eigenvalue weighted by Crippen LogP contribution is -2.37.